The minimum Gasteiger partial charge on any atom is -0.496 e. The van der Waals surface area contributed by atoms with E-state index in [-0.39, 0.29) is 5.41 Å². The van der Waals surface area contributed by atoms with Gasteiger partial charge in [0.15, 0.2) is 0 Å². The molecule has 26 heavy (non-hydrogen) atoms. The van der Waals surface area contributed by atoms with Crippen LogP contribution in [0.15, 0.2) is 42.5 Å². The minimum absolute atomic E-state index is 0.0476. The second-order valence-electron chi connectivity index (χ2n) is 8.46. The van der Waals surface area contributed by atoms with Crippen LogP contribution in [0.5, 0.6) is 5.75 Å². The lowest BCUT2D eigenvalue weighted by molar-refractivity contribution is 0.392. The van der Waals surface area contributed by atoms with Crippen LogP contribution >= 0.6 is 0 Å². The summed E-state index contributed by atoms with van der Waals surface area (Å²) < 4.78 is 5.89. The monoisotopic (exact) mass is 349 g/mol. The van der Waals surface area contributed by atoms with Crippen LogP contribution in [-0.4, -0.2) is 21.2 Å². The molecule has 138 valence electrons. The molecule has 1 aliphatic rings. The Morgan fingerprint density at radius 2 is 1.81 bits per heavy atom. The number of methoxy groups -OCH3 is 1. The third-order valence-corrected chi connectivity index (χ3v) is 5.31. The first-order valence-electron chi connectivity index (χ1n) is 9.47. The van der Waals surface area contributed by atoms with Crippen molar-refractivity contribution < 1.29 is 4.74 Å². The summed E-state index contributed by atoms with van der Waals surface area (Å²) in [5.74, 6) is 1.55. The third-order valence-electron chi connectivity index (χ3n) is 5.31. The summed E-state index contributed by atoms with van der Waals surface area (Å²) in [6.07, 6.45) is 6.72. The minimum atomic E-state index is 0.0476. The first kappa shape index (κ1) is 18.6. The van der Waals surface area contributed by atoms with Gasteiger partial charge in [0, 0.05) is 31.3 Å². The van der Waals surface area contributed by atoms with Crippen LogP contribution < -0.4 is 9.64 Å². The lowest BCUT2D eigenvalue weighted by Crippen LogP contribution is -2.17. The van der Waals surface area contributed by atoms with Crippen LogP contribution in [0.3, 0.4) is 0 Å². The first-order chi connectivity index (χ1) is 12.3. The topological polar surface area (TPSA) is 12.5 Å². The molecule has 1 unspecified atom stereocenters. The van der Waals surface area contributed by atoms with E-state index in [1.165, 1.54) is 27.9 Å². The van der Waals surface area contributed by atoms with E-state index in [4.69, 9.17) is 4.74 Å². The van der Waals surface area contributed by atoms with Crippen LogP contribution in [0.1, 0.15) is 55.4 Å². The number of benzene rings is 2. The molecule has 0 heterocycles. The van der Waals surface area contributed by atoms with Gasteiger partial charge in [-0.2, -0.15) is 0 Å². The van der Waals surface area contributed by atoms with Crippen LogP contribution in [0.2, 0.25) is 0 Å². The number of ether oxygens (including phenoxy) is 1. The van der Waals surface area contributed by atoms with Crippen LogP contribution in [0.25, 0.3) is 6.08 Å². The Morgan fingerprint density at radius 3 is 2.46 bits per heavy atom. The fourth-order valence-electron chi connectivity index (χ4n) is 3.80. The van der Waals surface area contributed by atoms with E-state index >= 15 is 0 Å². The molecule has 0 aromatic heterocycles. The average Bonchev–Trinajstić information content (AvgIpc) is 3.01. The quantitative estimate of drug-likeness (QED) is 0.676. The van der Waals surface area contributed by atoms with Crippen LogP contribution in [-0.2, 0) is 11.8 Å². The van der Waals surface area contributed by atoms with E-state index in [1.807, 2.05) is 0 Å². The Labute approximate surface area is 158 Å². The smallest absolute Gasteiger partial charge is 0.125 e. The lowest BCUT2D eigenvalue weighted by Gasteiger charge is -2.27. The van der Waals surface area contributed by atoms with Crippen molar-refractivity contribution in [2.75, 3.05) is 26.1 Å². The second kappa shape index (κ2) is 7.19. The number of fused-ring (bicyclic) bond motifs is 1. The maximum absolute atomic E-state index is 5.89. The van der Waals surface area contributed by atoms with E-state index in [2.05, 4.69) is 88.3 Å². The molecule has 1 aliphatic carbocycles. The van der Waals surface area contributed by atoms with Gasteiger partial charge in [-0.05, 0) is 47.1 Å². The summed E-state index contributed by atoms with van der Waals surface area (Å²) in [4.78, 5) is 2.18. The van der Waals surface area contributed by atoms with Crippen molar-refractivity contribution in [3.05, 3.63) is 64.7 Å². The highest BCUT2D eigenvalue weighted by Crippen LogP contribution is 2.40. The number of aryl methyl sites for hydroxylation is 1. The number of allylic oxidation sites excluding steroid dienone is 1. The number of hydrogen-bond acceptors (Lipinski definition) is 2. The molecule has 0 amide bonds. The highest BCUT2D eigenvalue weighted by atomic mass is 16.5. The molecule has 2 aromatic carbocycles. The SMILES string of the molecule is COc1c(CCC2C=Cc3ccccc32)cc(N(C)C)cc1C(C)(C)C. The highest BCUT2D eigenvalue weighted by Gasteiger charge is 2.24. The molecule has 0 fully saturated rings. The Kier molecular flexibility index (Phi) is 5.13. The molecule has 0 saturated carbocycles. The molecule has 0 bridgehead atoms. The zero-order valence-electron chi connectivity index (χ0n) is 17.0. The molecule has 3 rings (SSSR count). The number of rotatable bonds is 5. The second-order valence-corrected chi connectivity index (χ2v) is 8.46. The van der Waals surface area contributed by atoms with E-state index < -0.39 is 0 Å². The van der Waals surface area contributed by atoms with Crippen molar-refractivity contribution in [2.24, 2.45) is 0 Å². The Bertz CT molecular complexity index is 811. The first-order valence-corrected chi connectivity index (χ1v) is 9.47. The molecule has 0 N–H and O–H groups in total. The van der Waals surface area contributed by atoms with Crippen molar-refractivity contribution >= 4 is 11.8 Å². The molecular formula is C24H31NO. The number of anilines is 1. The van der Waals surface area contributed by atoms with Gasteiger partial charge in [-0.1, -0.05) is 57.2 Å². The zero-order valence-corrected chi connectivity index (χ0v) is 17.0. The standard InChI is InChI=1S/C24H31NO/c1-24(2,3)22-16-20(25(4)5)15-19(23(22)26-6)14-13-18-12-11-17-9-7-8-10-21(17)18/h7-12,15-16,18H,13-14H2,1-6H3. The van der Waals surface area contributed by atoms with Crippen molar-refractivity contribution in [1.82, 2.24) is 0 Å². The predicted octanol–water partition coefficient (Wildman–Crippen LogP) is 5.80. The van der Waals surface area contributed by atoms with E-state index in [0.717, 1.165) is 18.6 Å². The number of nitrogens with zero attached hydrogens (tertiary/aromatic N) is 1. The lowest BCUT2D eigenvalue weighted by atomic mass is 9.83. The van der Waals surface area contributed by atoms with E-state index in [0.29, 0.717) is 5.92 Å². The van der Waals surface area contributed by atoms with E-state index in [9.17, 15) is 0 Å². The van der Waals surface area contributed by atoms with Crippen LogP contribution in [0, 0.1) is 0 Å². The molecule has 2 nitrogen and oxygen atoms in total. The summed E-state index contributed by atoms with van der Waals surface area (Å²) in [5.41, 5.74) is 6.69. The Morgan fingerprint density at radius 1 is 1.08 bits per heavy atom. The maximum atomic E-state index is 5.89. The normalized spacial score (nSPS) is 15.8. The average molecular weight is 350 g/mol. The van der Waals surface area contributed by atoms with Crippen molar-refractivity contribution in [3.8, 4) is 5.75 Å². The van der Waals surface area contributed by atoms with Gasteiger partial charge in [0.05, 0.1) is 7.11 Å². The van der Waals surface area contributed by atoms with Crippen molar-refractivity contribution in [1.29, 1.82) is 0 Å². The molecule has 0 spiro atoms. The summed E-state index contributed by atoms with van der Waals surface area (Å²) >= 11 is 0. The highest BCUT2D eigenvalue weighted by molar-refractivity contribution is 5.62. The summed E-state index contributed by atoms with van der Waals surface area (Å²) in [7, 11) is 6.01. The fraction of sp³-hybridized carbons (Fsp3) is 0.417. The molecule has 0 saturated heterocycles. The van der Waals surface area contributed by atoms with Crippen molar-refractivity contribution in [2.45, 2.75) is 44.9 Å². The molecule has 0 aliphatic heterocycles. The molecule has 0 radical (unpaired) electrons. The Hall–Kier alpha value is -2.22. The molecular weight excluding hydrogens is 318 g/mol. The van der Waals surface area contributed by atoms with Gasteiger partial charge in [0.2, 0.25) is 0 Å². The molecule has 2 aromatic rings. The van der Waals surface area contributed by atoms with Gasteiger partial charge < -0.3 is 9.64 Å². The van der Waals surface area contributed by atoms with Gasteiger partial charge in [-0.25, -0.2) is 0 Å². The van der Waals surface area contributed by atoms with E-state index in [1.54, 1.807) is 7.11 Å². The summed E-state index contributed by atoms with van der Waals surface area (Å²) in [6.45, 7) is 6.76. The fourth-order valence-corrected chi connectivity index (χ4v) is 3.80. The molecule has 1 atom stereocenters. The Balaban J connectivity index is 1.92. The maximum Gasteiger partial charge on any atom is 0.125 e. The largest absolute Gasteiger partial charge is 0.496 e. The van der Waals surface area contributed by atoms with Gasteiger partial charge >= 0.3 is 0 Å². The summed E-state index contributed by atoms with van der Waals surface area (Å²) in [6, 6.07) is 13.3. The number of hydrogen-bond donors (Lipinski definition) is 0. The third kappa shape index (κ3) is 3.65. The summed E-state index contributed by atoms with van der Waals surface area (Å²) in [5, 5.41) is 0. The predicted molar refractivity (Wildman–Crippen MR) is 113 cm³/mol. The van der Waals surface area contributed by atoms with Gasteiger partial charge in [0.25, 0.3) is 0 Å². The van der Waals surface area contributed by atoms with Gasteiger partial charge in [-0.3, -0.25) is 0 Å². The van der Waals surface area contributed by atoms with Crippen molar-refractivity contribution in [3.63, 3.8) is 0 Å². The van der Waals surface area contributed by atoms with Crippen LogP contribution in [0.4, 0.5) is 5.69 Å². The zero-order chi connectivity index (χ0) is 18.9. The van der Waals surface area contributed by atoms with Gasteiger partial charge in [0.1, 0.15) is 5.75 Å². The molecule has 2 heteroatoms. The van der Waals surface area contributed by atoms with Gasteiger partial charge in [-0.15, -0.1) is 0 Å².